The maximum atomic E-state index is 13.7. The van der Waals surface area contributed by atoms with E-state index >= 15 is 0 Å². The van der Waals surface area contributed by atoms with Gasteiger partial charge in [-0.05, 0) is 74.0 Å². The first-order chi connectivity index (χ1) is 17.4. The summed E-state index contributed by atoms with van der Waals surface area (Å²) in [6.07, 6.45) is -4.59. The van der Waals surface area contributed by atoms with Crippen LogP contribution in [-0.2, 0) is 16.2 Å². The summed E-state index contributed by atoms with van der Waals surface area (Å²) in [6.45, 7) is 3.35. The number of ether oxygens (including phenoxy) is 1. The van der Waals surface area contributed by atoms with Crippen LogP contribution in [0.25, 0.3) is 16.6 Å². The molecule has 0 aliphatic rings. The van der Waals surface area contributed by atoms with Gasteiger partial charge in [0.05, 0.1) is 40.2 Å². The number of aryl methyl sites for hydroxylation is 1. The molecule has 1 unspecified atom stereocenters. The van der Waals surface area contributed by atoms with Crippen LogP contribution < -0.4 is 10.3 Å². The second kappa shape index (κ2) is 9.64. The van der Waals surface area contributed by atoms with Crippen molar-refractivity contribution in [1.29, 1.82) is 0 Å². The zero-order valence-corrected chi connectivity index (χ0v) is 21.3. The van der Waals surface area contributed by atoms with Crippen LogP contribution in [0.3, 0.4) is 0 Å². The van der Waals surface area contributed by atoms with Crippen LogP contribution in [-0.4, -0.2) is 36.4 Å². The van der Waals surface area contributed by atoms with Gasteiger partial charge in [0.1, 0.15) is 11.6 Å². The molecule has 0 N–H and O–H groups in total. The first-order valence-corrected chi connectivity index (χ1v) is 12.6. The quantitative estimate of drug-likeness (QED) is 0.346. The largest absolute Gasteiger partial charge is 0.497 e. The molecule has 0 saturated heterocycles. The molecule has 0 spiro atoms. The number of alkyl halides is 3. The Hall–Kier alpha value is -3.70. The number of sulfonamides is 1. The van der Waals surface area contributed by atoms with Crippen molar-refractivity contribution in [3.05, 3.63) is 94.0 Å². The van der Waals surface area contributed by atoms with E-state index in [1.54, 1.807) is 56.3 Å². The van der Waals surface area contributed by atoms with Gasteiger partial charge in [-0.1, -0.05) is 12.1 Å². The Morgan fingerprint density at radius 3 is 2.19 bits per heavy atom. The molecule has 7 nitrogen and oxygen atoms in total. The summed E-state index contributed by atoms with van der Waals surface area (Å²) in [5.74, 6) is 0.713. The number of benzene rings is 3. The third-order valence-corrected chi connectivity index (χ3v) is 8.18. The van der Waals surface area contributed by atoms with E-state index in [2.05, 4.69) is 4.98 Å². The Morgan fingerprint density at radius 1 is 1.00 bits per heavy atom. The molecule has 0 bridgehead atoms. The standard InChI is InChI=1S/C26H24F3N3O4S/c1-16-6-5-7-22-23(16)25(33)32(19-10-12-20(36-4)13-11-19)24(30-22)17(2)31(3)37(34,35)21-14-8-18(9-15-21)26(27,28)29/h5-15,17H,1-4H3. The minimum Gasteiger partial charge on any atom is -0.497 e. The molecule has 0 radical (unpaired) electrons. The molecule has 37 heavy (non-hydrogen) atoms. The minimum atomic E-state index is -4.59. The molecule has 1 aromatic heterocycles. The molecule has 194 valence electrons. The first kappa shape index (κ1) is 26.4. The van der Waals surface area contributed by atoms with Crippen LogP contribution in [0.15, 0.2) is 76.4 Å². The van der Waals surface area contributed by atoms with E-state index in [0.717, 1.165) is 28.6 Å². The van der Waals surface area contributed by atoms with Crippen LogP contribution >= 0.6 is 0 Å². The van der Waals surface area contributed by atoms with E-state index in [0.29, 0.717) is 27.9 Å². The second-order valence-corrected chi connectivity index (χ2v) is 10.5. The van der Waals surface area contributed by atoms with E-state index in [1.165, 1.54) is 18.7 Å². The van der Waals surface area contributed by atoms with Gasteiger partial charge in [-0.3, -0.25) is 9.36 Å². The summed E-state index contributed by atoms with van der Waals surface area (Å²) >= 11 is 0. The summed E-state index contributed by atoms with van der Waals surface area (Å²) in [5, 5.41) is 0.391. The Morgan fingerprint density at radius 2 is 1.62 bits per heavy atom. The Balaban J connectivity index is 1.87. The fraction of sp³-hybridized carbons (Fsp3) is 0.231. The van der Waals surface area contributed by atoms with Crippen molar-refractivity contribution in [2.24, 2.45) is 0 Å². The van der Waals surface area contributed by atoms with Crippen molar-refractivity contribution in [3.63, 3.8) is 0 Å². The molecular formula is C26H24F3N3O4S. The summed E-state index contributed by atoms with van der Waals surface area (Å²) in [4.78, 5) is 18.1. The molecule has 11 heteroatoms. The Kier molecular flexibility index (Phi) is 6.87. The smallest absolute Gasteiger partial charge is 0.416 e. The average molecular weight is 532 g/mol. The van der Waals surface area contributed by atoms with Crippen molar-refractivity contribution < 1.29 is 26.3 Å². The molecule has 3 aromatic carbocycles. The first-order valence-electron chi connectivity index (χ1n) is 11.2. The number of hydrogen-bond acceptors (Lipinski definition) is 5. The molecule has 0 aliphatic carbocycles. The summed E-state index contributed by atoms with van der Waals surface area (Å²) < 4.78 is 73.1. The fourth-order valence-corrected chi connectivity index (χ4v) is 5.35. The van der Waals surface area contributed by atoms with Gasteiger partial charge >= 0.3 is 6.18 Å². The molecule has 0 fully saturated rings. The topological polar surface area (TPSA) is 81.5 Å². The maximum absolute atomic E-state index is 13.7. The van der Waals surface area contributed by atoms with Gasteiger partial charge in [-0.15, -0.1) is 0 Å². The van der Waals surface area contributed by atoms with E-state index in [-0.39, 0.29) is 16.3 Å². The van der Waals surface area contributed by atoms with E-state index in [9.17, 15) is 26.4 Å². The van der Waals surface area contributed by atoms with Crippen molar-refractivity contribution in [2.75, 3.05) is 14.2 Å². The fourth-order valence-electron chi connectivity index (χ4n) is 4.03. The number of halogens is 3. The van der Waals surface area contributed by atoms with E-state index in [1.807, 2.05) is 0 Å². The van der Waals surface area contributed by atoms with Crippen LogP contribution in [0.4, 0.5) is 13.2 Å². The lowest BCUT2D eigenvalue weighted by atomic mass is 10.1. The highest BCUT2D eigenvalue weighted by Crippen LogP contribution is 2.32. The van der Waals surface area contributed by atoms with Crippen LogP contribution in [0.1, 0.15) is 29.9 Å². The number of rotatable bonds is 6. The third-order valence-electron chi connectivity index (χ3n) is 6.24. The van der Waals surface area contributed by atoms with Gasteiger partial charge in [-0.2, -0.15) is 17.5 Å². The highest BCUT2D eigenvalue weighted by Gasteiger charge is 2.33. The summed E-state index contributed by atoms with van der Waals surface area (Å²) in [6, 6.07) is 14.2. The van der Waals surface area contributed by atoms with Crippen molar-refractivity contribution >= 4 is 20.9 Å². The lowest BCUT2D eigenvalue weighted by Gasteiger charge is -2.26. The zero-order valence-electron chi connectivity index (χ0n) is 20.4. The van der Waals surface area contributed by atoms with Gasteiger partial charge in [0, 0.05) is 7.05 Å². The molecule has 4 rings (SSSR count). The van der Waals surface area contributed by atoms with Crippen LogP contribution in [0.2, 0.25) is 0 Å². The Labute approximate surface area is 211 Å². The van der Waals surface area contributed by atoms with E-state index in [4.69, 9.17) is 4.74 Å². The second-order valence-electron chi connectivity index (χ2n) is 8.50. The molecule has 1 heterocycles. The Bertz CT molecular complexity index is 1610. The van der Waals surface area contributed by atoms with Gasteiger partial charge in [0.15, 0.2) is 0 Å². The molecule has 1 atom stereocenters. The van der Waals surface area contributed by atoms with Crippen molar-refractivity contribution in [3.8, 4) is 11.4 Å². The average Bonchev–Trinajstić information content (AvgIpc) is 2.87. The highest BCUT2D eigenvalue weighted by molar-refractivity contribution is 7.89. The van der Waals surface area contributed by atoms with Gasteiger partial charge in [-0.25, -0.2) is 13.4 Å². The number of hydrogen-bond donors (Lipinski definition) is 0. The third kappa shape index (κ3) is 4.84. The number of fused-ring (bicyclic) bond motifs is 1. The highest BCUT2D eigenvalue weighted by atomic mass is 32.2. The minimum absolute atomic E-state index is 0.145. The van der Waals surface area contributed by atoms with Gasteiger partial charge in [0.25, 0.3) is 5.56 Å². The van der Waals surface area contributed by atoms with Crippen molar-refractivity contribution in [2.45, 2.75) is 31.0 Å². The molecule has 4 aromatic rings. The summed E-state index contributed by atoms with van der Waals surface area (Å²) in [5.41, 5.74) is 0.224. The molecule has 0 aliphatic heterocycles. The monoisotopic (exact) mass is 531 g/mol. The van der Waals surface area contributed by atoms with E-state index < -0.39 is 27.8 Å². The van der Waals surface area contributed by atoms with Gasteiger partial charge < -0.3 is 4.74 Å². The maximum Gasteiger partial charge on any atom is 0.416 e. The normalized spacial score (nSPS) is 13.2. The lowest BCUT2D eigenvalue weighted by molar-refractivity contribution is -0.137. The molecule has 0 saturated carbocycles. The SMILES string of the molecule is COc1ccc(-n2c(C(C)N(C)S(=O)(=O)c3ccc(C(F)(F)F)cc3)nc3cccc(C)c3c2=O)cc1. The van der Waals surface area contributed by atoms with Crippen LogP contribution in [0.5, 0.6) is 5.75 Å². The van der Waals surface area contributed by atoms with Crippen LogP contribution in [0, 0.1) is 6.92 Å². The van der Waals surface area contributed by atoms with Gasteiger partial charge in [0.2, 0.25) is 10.0 Å². The zero-order chi connectivity index (χ0) is 27.1. The number of methoxy groups -OCH3 is 1. The number of nitrogens with zero attached hydrogens (tertiary/aromatic N) is 3. The molecule has 0 amide bonds. The lowest BCUT2D eigenvalue weighted by Crippen LogP contribution is -2.35. The molecular weight excluding hydrogens is 507 g/mol. The predicted octanol–water partition coefficient (Wildman–Crippen LogP) is 5.10. The van der Waals surface area contributed by atoms with Crippen molar-refractivity contribution in [1.82, 2.24) is 13.9 Å². The predicted molar refractivity (Wildman–Crippen MR) is 133 cm³/mol. The number of aromatic nitrogens is 2. The summed E-state index contributed by atoms with van der Waals surface area (Å²) in [7, 11) is -1.44.